The number of rotatable bonds is 9. The van der Waals surface area contributed by atoms with Gasteiger partial charge in [0.25, 0.3) is 5.56 Å². The number of H-pyrrole nitrogens is 1. The van der Waals surface area contributed by atoms with E-state index in [0.717, 1.165) is 0 Å². The van der Waals surface area contributed by atoms with E-state index in [9.17, 15) is 9.59 Å². The maximum absolute atomic E-state index is 13.0. The first-order chi connectivity index (χ1) is 16.9. The lowest BCUT2D eigenvalue weighted by Crippen LogP contribution is -2.44. The number of carbonyl (C=O) groups excluding carboxylic acids is 1. The van der Waals surface area contributed by atoms with E-state index in [1.54, 1.807) is 18.3 Å². The van der Waals surface area contributed by atoms with E-state index in [2.05, 4.69) is 32.2 Å². The number of pyridine rings is 1. The maximum atomic E-state index is 13.0. The van der Waals surface area contributed by atoms with E-state index >= 15 is 0 Å². The molecular formula is C23H23Cl2N5O5. The van der Waals surface area contributed by atoms with Gasteiger partial charge in [0, 0.05) is 29.8 Å². The molecule has 184 valence electrons. The van der Waals surface area contributed by atoms with Gasteiger partial charge in [-0.05, 0) is 11.6 Å². The fourth-order valence-electron chi connectivity index (χ4n) is 3.74. The number of nitrogens with zero attached hydrogens (tertiary/aromatic N) is 2. The molecule has 3 heterocycles. The number of hydrogen-bond acceptors (Lipinski definition) is 9. The van der Waals surface area contributed by atoms with Crippen LogP contribution in [-0.2, 0) is 9.53 Å². The first kappa shape index (κ1) is 24.9. The van der Waals surface area contributed by atoms with Crippen molar-refractivity contribution in [3.05, 3.63) is 50.9 Å². The number of anilines is 1. The highest BCUT2D eigenvalue weighted by Gasteiger charge is 2.28. The molecule has 0 radical (unpaired) electrons. The van der Waals surface area contributed by atoms with Gasteiger partial charge in [0.05, 0.1) is 55.1 Å². The number of aromatic nitrogens is 3. The number of benzene rings is 1. The third-order valence-electron chi connectivity index (χ3n) is 5.59. The van der Waals surface area contributed by atoms with Gasteiger partial charge < -0.3 is 29.8 Å². The van der Waals surface area contributed by atoms with Gasteiger partial charge in [0.1, 0.15) is 23.4 Å². The molecule has 0 spiro atoms. The second kappa shape index (κ2) is 10.6. The fraction of sp³-hybridized carbons (Fsp3) is 0.304. The molecule has 35 heavy (non-hydrogen) atoms. The molecule has 3 N–H and O–H groups in total. The summed E-state index contributed by atoms with van der Waals surface area (Å²) in [5.74, 6) is 0.949. The topological polar surface area (TPSA) is 127 Å². The molecule has 0 saturated carbocycles. The van der Waals surface area contributed by atoms with E-state index in [-0.39, 0.29) is 33.3 Å². The Labute approximate surface area is 210 Å². The largest absolute Gasteiger partial charge is 0.495 e. The Morgan fingerprint density at radius 1 is 1.23 bits per heavy atom. The minimum atomic E-state index is -0.447. The lowest BCUT2D eigenvalue weighted by atomic mass is 10.0. The second-order valence-corrected chi connectivity index (χ2v) is 8.60. The normalized spacial score (nSPS) is 17.4. The predicted octanol–water partition coefficient (Wildman–Crippen LogP) is 2.83. The summed E-state index contributed by atoms with van der Waals surface area (Å²) in [6, 6.07) is 2.95. The van der Waals surface area contributed by atoms with Gasteiger partial charge in [-0.2, -0.15) is 4.98 Å². The molecule has 12 heteroatoms. The highest BCUT2D eigenvalue weighted by atomic mass is 35.5. The Morgan fingerprint density at radius 2 is 1.91 bits per heavy atom. The number of carbonyl (C=O) groups is 1. The van der Waals surface area contributed by atoms with Crippen molar-refractivity contribution < 1.29 is 19.0 Å². The number of fused-ring (bicyclic) bond motifs is 1. The predicted molar refractivity (Wildman–Crippen MR) is 134 cm³/mol. The average Bonchev–Trinajstić information content (AvgIpc) is 3.29. The Balaban J connectivity index is 1.65. The van der Waals surface area contributed by atoms with E-state index in [0.29, 0.717) is 60.1 Å². The van der Waals surface area contributed by atoms with Crippen LogP contribution < -0.4 is 25.7 Å². The van der Waals surface area contributed by atoms with Crippen molar-refractivity contribution in [3.8, 4) is 22.6 Å². The standard InChI is InChI=1S/C23H23Cl2N5O5/c1-11(8-31)6-26-14-9-35-10-15(14)28-23-27-7-12-4-13(22(32)29-21(12)30-23)18-19(24)16(33-2)5-17(34-3)20(18)25/h4-5,7-8,14-15,26H,1,6,9-10H2,2-3H3,(H2,27,28,29,30,32)/t14-,15+/m0/s1. The minimum absolute atomic E-state index is 0.0697. The van der Waals surface area contributed by atoms with Crippen LogP contribution >= 0.6 is 23.2 Å². The molecule has 4 rings (SSSR count). The lowest BCUT2D eigenvalue weighted by molar-refractivity contribution is -0.104. The third kappa shape index (κ3) is 5.10. The van der Waals surface area contributed by atoms with Crippen LogP contribution in [0.3, 0.4) is 0 Å². The van der Waals surface area contributed by atoms with Crippen LogP contribution in [0.4, 0.5) is 5.95 Å². The monoisotopic (exact) mass is 519 g/mol. The lowest BCUT2D eigenvalue weighted by Gasteiger charge is -2.20. The Bertz CT molecular complexity index is 1320. The average molecular weight is 520 g/mol. The van der Waals surface area contributed by atoms with Crippen LogP contribution in [0.2, 0.25) is 10.0 Å². The highest BCUT2D eigenvalue weighted by Crippen LogP contribution is 2.45. The summed E-state index contributed by atoms with van der Waals surface area (Å²) in [4.78, 5) is 35.4. The number of ether oxygens (including phenoxy) is 3. The number of nitrogens with one attached hydrogen (secondary N) is 3. The first-order valence-electron chi connectivity index (χ1n) is 10.6. The Hall–Kier alpha value is -3.18. The maximum Gasteiger partial charge on any atom is 0.257 e. The fourth-order valence-corrected chi connectivity index (χ4v) is 4.44. The van der Waals surface area contributed by atoms with Gasteiger partial charge >= 0.3 is 0 Å². The van der Waals surface area contributed by atoms with Crippen LogP contribution in [0.1, 0.15) is 0 Å². The SMILES string of the molecule is C=C(C=O)CN[C@H]1COC[C@H]1Nc1ncc2cc(-c3c(Cl)c(OC)cc(OC)c3Cl)c(=O)[nH]c2n1. The van der Waals surface area contributed by atoms with Gasteiger partial charge in [-0.15, -0.1) is 0 Å². The number of aldehydes is 1. The molecule has 10 nitrogen and oxygen atoms in total. The summed E-state index contributed by atoms with van der Waals surface area (Å²) >= 11 is 13.0. The molecule has 1 saturated heterocycles. The molecule has 0 unspecified atom stereocenters. The van der Waals surface area contributed by atoms with Crippen molar-refractivity contribution in [1.29, 1.82) is 0 Å². The van der Waals surface area contributed by atoms with Crippen LogP contribution in [0.25, 0.3) is 22.2 Å². The summed E-state index contributed by atoms with van der Waals surface area (Å²) in [5, 5.41) is 7.37. The van der Waals surface area contributed by atoms with Crippen molar-refractivity contribution in [2.24, 2.45) is 0 Å². The third-order valence-corrected chi connectivity index (χ3v) is 6.34. The zero-order valence-corrected chi connectivity index (χ0v) is 20.5. The van der Waals surface area contributed by atoms with Gasteiger partial charge in [-0.3, -0.25) is 9.59 Å². The smallest absolute Gasteiger partial charge is 0.257 e. The summed E-state index contributed by atoms with van der Waals surface area (Å²) in [6.45, 7) is 4.90. The number of aromatic amines is 1. The Kier molecular flexibility index (Phi) is 7.56. The molecule has 3 aromatic rings. The van der Waals surface area contributed by atoms with E-state index in [4.69, 9.17) is 37.4 Å². The van der Waals surface area contributed by atoms with Crippen LogP contribution in [0.15, 0.2) is 35.3 Å². The van der Waals surface area contributed by atoms with Gasteiger partial charge in [-0.25, -0.2) is 4.98 Å². The van der Waals surface area contributed by atoms with Crippen LogP contribution in [0.5, 0.6) is 11.5 Å². The molecule has 1 fully saturated rings. The van der Waals surface area contributed by atoms with E-state index in [1.807, 2.05) is 0 Å². The van der Waals surface area contributed by atoms with Crippen molar-refractivity contribution in [3.63, 3.8) is 0 Å². The number of methoxy groups -OCH3 is 2. The zero-order valence-electron chi connectivity index (χ0n) is 19.0. The Morgan fingerprint density at radius 3 is 2.57 bits per heavy atom. The molecule has 0 bridgehead atoms. The van der Waals surface area contributed by atoms with Gasteiger partial charge in [0.2, 0.25) is 5.95 Å². The van der Waals surface area contributed by atoms with Gasteiger partial charge in [0.15, 0.2) is 0 Å². The molecule has 0 amide bonds. The molecular weight excluding hydrogens is 497 g/mol. The van der Waals surface area contributed by atoms with E-state index < -0.39 is 5.56 Å². The van der Waals surface area contributed by atoms with Crippen molar-refractivity contribution in [1.82, 2.24) is 20.3 Å². The summed E-state index contributed by atoms with van der Waals surface area (Å²) in [6.07, 6.45) is 2.29. The first-order valence-corrected chi connectivity index (χ1v) is 11.3. The molecule has 1 aliphatic rings. The zero-order chi connectivity index (χ0) is 25.1. The van der Waals surface area contributed by atoms with Gasteiger partial charge in [-0.1, -0.05) is 29.8 Å². The molecule has 1 aromatic carbocycles. The molecule has 2 atom stereocenters. The van der Waals surface area contributed by atoms with Crippen LogP contribution in [-0.4, -0.2) is 67.3 Å². The second-order valence-electron chi connectivity index (χ2n) is 7.85. The highest BCUT2D eigenvalue weighted by molar-refractivity contribution is 6.41. The number of halogens is 2. The summed E-state index contributed by atoms with van der Waals surface area (Å²) < 4.78 is 16.1. The van der Waals surface area contributed by atoms with Crippen molar-refractivity contribution in [2.75, 3.05) is 39.3 Å². The molecule has 0 aliphatic carbocycles. The summed E-state index contributed by atoms with van der Waals surface area (Å²) in [7, 11) is 2.92. The molecule has 2 aromatic heterocycles. The van der Waals surface area contributed by atoms with Crippen molar-refractivity contribution in [2.45, 2.75) is 12.1 Å². The quantitative estimate of drug-likeness (QED) is 0.288. The van der Waals surface area contributed by atoms with Crippen molar-refractivity contribution >= 4 is 46.5 Å². The van der Waals surface area contributed by atoms with Crippen LogP contribution in [0, 0.1) is 0 Å². The summed E-state index contributed by atoms with van der Waals surface area (Å²) in [5.41, 5.74) is 0.829. The van der Waals surface area contributed by atoms with E-state index in [1.165, 1.54) is 14.2 Å². The number of hydrogen-bond donors (Lipinski definition) is 3. The minimum Gasteiger partial charge on any atom is -0.495 e. The molecule has 1 aliphatic heterocycles.